The lowest BCUT2D eigenvalue weighted by molar-refractivity contribution is -0.124. The highest BCUT2D eigenvalue weighted by atomic mass is 35.5. The molecular weight excluding hydrogens is 362 g/mol. The number of carbonyl (C=O) groups excluding carboxylic acids is 2. The van der Waals surface area contributed by atoms with Crippen molar-refractivity contribution in [3.8, 4) is 0 Å². The van der Waals surface area contributed by atoms with Gasteiger partial charge in [0.15, 0.2) is 0 Å². The van der Waals surface area contributed by atoms with E-state index in [1.807, 2.05) is 52.0 Å². The minimum Gasteiger partial charge on any atom is -0.350 e. The van der Waals surface area contributed by atoms with Gasteiger partial charge in [-0.2, -0.15) is 0 Å². The SMILES string of the molecule is CC(NCc1cccc(NC(=O)c2ccccc2Cl)c1)C(=O)NC(C)(C)C. The molecule has 0 aromatic heterocycles. The smallest absolute Gasteiger partial charge is 0.257 e. The zero-order valence-electron chi connectivity index (χ0n) is 16.1. The van der Waals surface area contributed by atoms with Crippen molar-refractivity contribution < 1.29 is 9.59 Å². The number of anilines is 1. The quantitative estimate of drug-likeness (QED) is 0.702. The van der Waals surface area contributed by atoms with Crippen molar-refractivity contribution in [1.29, 1.82) is 0 Å². The van der Waals surface area contributed by atoms with Gasteiger partial charge in [-0.25, -0.2) is 0 Å². The highest BCUT2D eigenvalue weighted by molar-refractivity contribution is 6.34. The first-order chi connectivity index (χ1) is 12.7. The predicted octanol–water partition coefficient (Wildman–Crippen LogP) is 3.99. The summed E-state index contributed by atoms with van der Waals surface area (Å²) in [7, 11) is 0. The zero-order valence-corrected chi connectivity index (χ0v) is 16.9. The molecular formula is C21H26ClN3O2. The fourth-order valence-electron chi connectivity index (χ4n) is 2.44. The normalized spacial score (nSPS) is 12.3. The Hall–Kier alpha value is -2.37. The summed E-state index contributed by atoms with van der Waals surface area (Å²) in [5.74, 6) is -0.311. The second kappa shape index (κ2) is 9.02. The summed E-state index contributed by atoms with van der Waals surface area (Å²) >= 11 is 6.07. The third-order valence-corrected chi connectivity index (χ3v) is 4.14. The van der Waals surface area contributed by atoms with Gasteiger partial charge < -0.3 is 16.0 Å². The van der Waals surface area contributed by atoms with E-state index in [1.165, 1.54) is 0 Å². The van der Waals surface area contributed by atoms with Gasteiger partial charge in [-0.1, -0.05) is 35.9 Å². The Morgan fingerprint density at radius 1 is 1.07 bits per heavy atom. The van der Waals surface area contributed by atoms with Crippen molar-refractivity contribution >= 4 is 29.1 Å². The molecule has 27 heavy (non-hydrogen) atoms. The van der Waals surface area contributed by atoms with Crippen molar-refractivity contribution in [3.05, 3.63) is 64.7 Å². The van der Waals surface area contributed by atoms with Crippen LogP contribution in [0, 0.1) is 0 Å². The standard InChI is InChI=1S/C21H26ClN3O2/c1-14(19(26)25-21(2,3)4)23-13-15-8-7-9-16(12-15)24-20(27)17-10-5-6-11-18(17)22/h5-12,14,23H,13H2,1-4H3,(H,24,27)(H,25,26). The van der Waals surface area contributed by atoms with Crippen LogP contribution in [0.15, 0.2) is 48.5 Å². The van der Waals surface area contributed by atoms with Gasteiger partial charge in [-0.15, -0.1) is 0 Å². The van der Waals surface area contributed by atoms with Crippen molar-refractivity contribution in [2.24, 2.45) is 0 Å². The monoisotopic (exact) mass is 387 g/mol. The fraction of sp³-hybridized carbons (Fsp3) is 0.333. The number of amides is 2. The van der Waals surface area contributed by atoms with Crippen LogP contribution in [0.2, 0.25) is 5.02 Å². The van der Waals surface area contributed by atoms with Crippen LogP contribution >= 0.6 is 11.6 Å². The third kappa shape index (κ3) is 6.70. The topological polar surface area (TPSA) is 70.2 Å². The molecule has 0 bridgehead atoms. The molecule has 0 aliphatic carbocycles. The maximum Gasteiger partial charge on any atom is 0.257 e. The van der Waals surface area contributed by atoms with Crippen molar-refractivity contribution in [2.75, 3.05) is 5.32 Å². The maximum absolute atomic E-state index is 12.4. The lowest BCUT2D eigenvalue weighted by Crippen LogP contribution is -2.49. The maximum atomic E-state index is 12.4. The minimum atomic E-state index is -0.328. The van der Waals surface area contributed by atoms with Gasteiger partial charge in [0.05, 0.1) is 16.6 Å². The Balaban J connectivity index is 1.96. The molecule has 2 aromatic rings. The molecule has 0 heterocycles. The number of rotatable bonds is 6. The molecule has 1 atom stereocenters. The van der Waals surface area contributed by atoms with Crippen LogP contribution < -0.4 is 16.0 Å². The average Bonchev–Trinajstić information content (AvgIpc) is 2.58. The summed E-state index contributed by atoms with van der Waals surface area (Å²) in [5.41, 5.74) is 1.79. The van der Waals surface area contributed by atoms with E-state index in [1.54, 1.807) is 24.3 Å². The molecule has 1 unspecified atom stereocenters. The van der Waals surface area contributed by atoms with Gasteiger partial charge >= 0.3 is 0 Å². The van der Waals surface area contributed by atoms with E-state index in [9.17, 15) is 9.59 Å². The van der Waals surface area contributed by atoms with Crippen LogP contribution in [0.5, 0.6) is 0 Å². The van der Waals surface area contributed by atoms with E-state index in [0.717, 1.165) is 5.56 Å². The van der Waals surface area contributed by atoms with Gasteiger partial charge in [0, 0.05) is 17.8 Å². The van der Waals surface area contributed by atoms with Crippen LogP contribution in [0.1, 0.15) is 43.6 Å². The highest BCUT2D eigenvalue weighted by Crippen LogP contribution is 2.18. The molecule has 0 saturated carbocycles. The number of nitrogens with one attached hydrogen (secondary N) is 3. The van der Waals surface area contributed by atoms with Crippen molar-refractivity contribution in [3.63, 3.8) is 0 Å². The Morgan fingerprint density at radius 2 is 1.78 bits per heavy atom. The number of carbonyl (C=O) groups is 2. The summed E-state index contributed by atoms with van der Waals surface area (Å²) in [6.07, 6.45) is 0. The van der Waals surface area contributed by atoms with E-state index >= 15 is 0 Å². The molecule has 2 rings (SSSR count). The van der Waals surface area contributed by atoms with E-state index < -0.39 is 0 Å². The second-order valence-corrected chi connectivity index (χ2v) is 7.88. The van der Waals surface area contributed by atoms with Gasteiger partial charge in [0.2, 0.25) is 5.91 Å². The molecule has 0 aliphatic heterocycles. The van der Waals surface area contributed by atoms with Crippen molar-refractivity contribution in [1.82, 2.24) is 10.6 Å². The molecule has 5 nitrogen and oxygen atoms in total. The number of hydrogen-bond acceptors (Lipinski definition) is 3. The third-order valence-electron chi connectivity index (χ3n) is 3.81. The Labute approximate surface area is 165 Å². The van der Waals surface area contributed by atoms with Crippen LogP contribution in [0.4, 0.5) is 5.69 Å². The second-order valence-electron chi connectivity index (χ2n) is 7.48. The van der Waals surface area contributed by atoms with Crippen LogP contribution in [0.3, 0.4) is 0 Å². The zero-order chi connectivity index (χ0) is 20.0. The van der Waals surface area contributed by atoms with E-state index in [0.29, 0.717) is 22.8 Å². The summed E-state index contributed by atoms with van der Waals surface area (Å²) < 4.78 is 0. The molecule has 0 fully saturated rings. The van der Waals surface area contributed by atoms with Gasteiger partial charge in [-0.3, -0.25) is 9.59 Å². The molecule has 3 N–H and O–H groups in total. The first-order valence-corrected chi connectivity index (χ1v) is 9.24. The predicted molar refractivity (Wildman–Crippen MR) is 110 cm³/mol. The Bertz CT molecular complexity index is 815. The molecule has 2 amide bonds. The van der Waals surface area contributed by atoms with Gasteiger partial charge in [0.1, 0.15) is 0 Å². The van der Waals surface area contributed by atoms with Crippen molar-refractivity contribution in [2.45, 2.75) is 45.8 Å². The molecule has 2 aromatic carbocycles. The number of benzene rings is 2. The molecule has 0 spiro atoms. The average molecular weight is 388 g/mol. The number of halogens is 1. The number of hydrogen-bond donors (Lipinski definition) is 3. The Kier molecular flexibility index (Phi) is 6.99. The Morgan fingerprint density at radius 3 is 2.44 bits per heavy atom. The summed E-state index contributed by atoms with van der Waals surface area (Å²) in [6.45, 7) is 8.17. The first-order valence-electron chi connectivity index (χ1n) is 8.86. The molecule has 0 radical (unpaired) electrons. The highest BCUT2D eigenvalue weighted by Gasteiger charge is 2.18. The van der Waals surface area contributed by atoms with E-state index in [2.05, 4.69) is 16.0 Å². The molecule has 144 valence electrons. The van der Waals surface area contributed by atoms with Gasteiger partial charge in [-0.05, 0) is 57.5 Å². The lowest BCUT2D eigenvalue weighted by Gasteiger charge is -2.23. The molecule has 6 heteroatoms. The minimum absolute atomic E-state index is 0.0503. The van der Waals surface area contributed by atoms with E-state index in [4.69, 9.17) is 11.6 Å². The van der Waals surface area contributed by atoms with Gasteiger partial charge in [0.25, 0.3) is 5.91 Å². The fourth-order valence-corrected chi connectivity index (χ4v) is 2.67. The van der Waals surface area contributed by atoms with E-state index in [-0.39, 0.29) is 23.4 Å². The molecule has 0 saturated heterocycles. The lowest BCUT2D eigenvalue weighted by atomic mass is 10.1. The van der Waals surface area contributed by atoms with Crippen LogP contribution in [0.25, 0.3) is 0 Å². The summed E-state index contributed by atoms with van der Waals surface area (Å²) in [6, 6.07) is 14.1. The summed E-state index contributed by atoms with van der Waals surface area (Å²) in [5, 5.41) is 9.40. The molecule has 0 aliphatic rings. The largest absolute Gasteiger partial charge is 0.350 e. The van der Waals surface area contributed by atoms with Crippen LogP contribution in [-0.4, -0.2) is 23.4 Å². The first kappa shape index (κ1) is 20.9. The van der Waals surface area contributed by atoms with Crippen LogP contribution in [-0.2, 0) is 11.3 Å². The summed E-state index contributed by atoms with van der Waals surface area (Å²) in [4.78, 5) is 24.5.